The highest BCUT2D eigenvalue weighted by molar-refractivity contribution is 7.12. The number of rotatable bonds is 2. The lowest BCUT2D eigenvalue weighted by Gasteiger charge is -2.31. The minimum atomic E-state index is 0.0310. The van der Waals surface area contributed by atoms with E-state index in [0.29, 0.717) is 21.8 Å². The number of piperidine rings is 1. The van der Waals surface area contributed by atoms with Gasteiger partial charge in [0.1, 0.15) is 10.7 Å². The third-order valence-corrected chi connectivity index (χ3v) is 4.90. The Kier molecular flexibility index (Phi) is 3.67. The number of carbonyl (C=O) groups excluding carboxylic acids is 1. The quantitative estimate of drug-likeness (QED) is 0.927. The van der Waals surface area contributed by atoms with Gasteiger partial charge in [0.25, 0.3) is 5.91 Å². The van der Waals surface area contributed by atoms with E-state index in [4.69, 9.17) is 17.3 Å². The van der Waals surface area contributed by atoms with E-state index in [2.05, 4.69) is 5.10 Å². The summed E-state index contributed by atoms with van der Waals surface area (Å²) in [4.78, 5) is 14.8. The van der Waals surface area contributed by atoms with Crippen LogP contribution in [0.5, 0.6) is 0 Å². The Bertz CT molecular complexity index is 615. The number of nitrogen functional groups attached to an aromatic ring is 1. The molecule has 1 aliphatic heterocycles. The normalized spacial score (nSPS) is 16.6. The summed E-state index contributed by atoms with van der Waals surface area (Å²) in [5.41, 5.74) is 5.63. The van der Waals surface area contributed by atoms with Gasteiger partial charge in [-0.1, -0.05) is 11.6 Å². The zero-order valence-corrected chi connectivity index (χ0v) is 12.4. The van der Waals surface area contributed by atoms with Gasteiger partial charge in [-0.2, -0.15) is 5.10 Å². The minimum Gasteiger partial charge on any atom is -0.382 e. The fourth-order valence-corrected chi connectivity index (χ4v) is 3.58. The molecule has 106 valence electrons. The average molecular weight is 311 g/mol. The molecule has 0 unspecified atom stereocenters. The van der Waals surface area contributed by atoms with Crippen LogP contribution < -0.4 is 5.73 Å². The van der Waals surface area contributed by atoms with Crippen LogP contribution in [0.25, 0.3) is 0 Å². The summed E-state index contributed by atoms with van der Waals surface area (Å²) < 4.78 is 1.90. The molecular weight excluding hydrogens is 296 g/mol. The van der Waals surface area contributed by atoms with Gasteiger partial charge in [0.2, 0.25) is 0 Å². The van der Waals surface area contributed by atoms with Crippen LogP contribution in [0.2, 0.25) is 5.02 Å². The first kappa shape index (κ1) is 13.5. The minimum absolute atomic E-state index is 0.0310. The molecule has 1 amide bonds. The van der Waals surface area contributed by atoms with Crippen molar-refractivity contribution < 1.29 is 4.79 Å². The molecule has 7 heteroatoms. The molecule has 3 heterocycles. The van der Waals surface area contributed by atoms with Crippen molar-refractivity contribution in [3.05, 3.63) is 33.6 Å². The molecule has 0 radical (unpaired) electrons. The SMILES string of the molecule is Nc1ccn(C2CCN(C(=O)c3sccc3Cl)CC2)n1. The van der Waals surface area contributed by atoms with Crippen LogP contribution in [0.4, 0.5) is 5.82 Å². The highest BCUT2D eigenvalue weighted by Crippen LogP contribution is 2.27. The average Bonchev–Trinajstić information content (AvgIpc) is 3.07. The predicted octanol–water partition coefficient (Wildman–Crippen LogP) is 2.66. The van der Waals surface area contributed by atoms with Gasteiger partial charge in [-0.15, -0.1) is 11.3 Å². The molecule has 2 aromatic heterocycles. The molecule has 1 fully saturated rings. The van der Waals surface area contributed by atoms with E-state index < -0.39 is 0 Å². The second kappa shape index (κ2) is 5.46. The Balaban J connectivity index is 1.64. The fourth-order valence-electron chi connectivity index (χ4n) is 2.48. The summed E-state index contributed by atoms with van der Waals surface area (Å²) in [5.74, 6) is 0.567. The molecule has 0 saturated carbocycles. The highest BCUT2D eigenvalue weighted by Gasteiger charge is 2.26. The lowest BCUT2D eigenvalue weighted by molar-refractivity contribution is 0.0695. The topological polar surface area (TPSA) is 64.2 Å². The largest absolute Gasteiger partial charge is 0.382 e. The third-order valence-electron chi connectivity index (χ3n) is 3.57. The maximum absolute atomic E-state index is 12.3. The lowest BCUT2D eigenvalue weighted by Crippen LogP contribution is -2.39. The number of thiophene rings is 1. The smallest absolute Gasteiger partial charge is 0.265 e. The van der Waals surface area contributed by atoms with Gasteiger partial charge in [0.15, 0.2) is 0 Å². The molecule has 0 spiro atoms. The van der Waals surface area contributed by atoms with E-state index in [9.17, 15) is 4.79 Å². The summed E-state index contributed by atoms with van der Waals surface area (Å²) in [6, 6.07) is 3.87. The number of nitrogens with two attached hydrogens (primary N) is 1. The molecular formula is C13H15ClN4OS. The van der Waals surface area contributed by atoms with Crippen LogP contribution >= 0.6 is 22.9 Å². The predicted molar refractivity (Wildman–Crippen MR) is 80.1 cm³/mol. The van der Waals surface area contributed by atoms with Gasteiger partial charge in [0, 0.05) is 19.3 Å². The van der Waals surface area contributed by atoms with Crippen LogP contribution in [0.3, 0.4) is 0 Å². The number of carbonyl (C=O) groups is 1. The van der Waals surface area contributed by atoms with E-state index in [1.807, 2.05) is 21.2 Å². The van der Waals surface area contributed by atoms with Gasteiger partial charge in [-0.05, 0) is 30.4 Å². The molecule has 3 rings (SSSR count). The maximum Gasteiger partial charge on any atom is 0.265 e. The van der Waals surface area contributed by atoms with Crippen molar-refractivity contribution in [1.29, 1.82) is 0 Å². The van der Waals surface area contributed by atoms with Crippen molar-refractivity contribution in [2.45, 2.75) is 18.9 Å². The highest BCUT2D eigenvalue weighted by atomic mass is 35.5. The summed E-state index contributed by atoms with van der Waals surface area (Å²) >= 11 is 7.41. The second-order valence-corrected chi connectivity index (χ2v) is 6.16. The monoisotopic (exact) mass is 310 g/mol. The second-order valence-electron chi connectivity index (χ2n) is 4.84. The number of nitrogens with zero attached hydrogens (tertiary/aromatic N) is 3. The van der Waals surface area contributed by atoms with Crippen LogP contribution in [0, 0.1) is 0 Å². The summed E-state index contributed by atoms with van der Waals surface area (Å²) in [5, 5.41) is 6.63. The summed E-state index contributed by atoms with van der Waals surface area (Å²) in [6.45, 7) is 1.44. The molecule has 0 aliphatic carbocycles. The van der Waals surface area contributed by atoms with Crippen LogP contribution in [-0.4, -0.2) is 33.7 Å². The number of hydrogen-bond acceptors (Lipinski definition) is 4. The van der Waals surface area contributed by atoms with Crippen molar-refractivity contribution in [2.75, 3.05) is 18.8 Å². The Morgan fingerprint density at radius 3 is 2.70 bits per heavy atom. The van der Waals surface area contributed by atoms with Gasteiger partial charge in [-0.3, -0.25) is 9.48 Å². The number of halogens is 1. The van der Waals surface area contributed by atoms with Gasteiger partial charge >= 0.3 is 0 Å². The number of anilines is 1. The lowest BCUT2D eigenvalue weighted by atomic mass is 10.1. The first-order valence-electron chi connectivity index (χ1n) is 6.48. The van der Waals surface area contributed by atoms with Crippen molar-refractivity contribution in [2.24, 2.45) is 0 Å². The van der Waals surface area contributed by atoms with Gasteiger partial charge in [-0.25, -0.2) is 0 Å². The van der Waals surface area contributed by atoms with Crippen LogP contribution in [0.1, 0.15) is 28.6 Å². The Hall–Kier alpha value is -1.53. The zero-order valence-electron chi connectivity index (χ0n) is 10.8. The molecule has 2 N–H and O–H groups in total. The standard InChI is InChI=1S/C13H15ClN4OS/c14-10-4-8-20-12(10)13(19)17-5-1-9(2-6-17)18-7-3-11(15)16-18/h3-4,7-9H,1-2,5-6H2,(H2,15,16). The van der Waals surface area contributed by atoms with Gasteiger partial charge in [0.05, 0.1) is 11.1 Å². The number of likely N-dealkylation sites (tertiary alicyclic amines) is 1. The van der Waals surface area contributed by atoms with E-state index in [1.165, 1.54) is 11.3 Å². The molecule has 0 bridgehead atoms. The molecule has 20 heavy (non-hydrogen) atoms. The number of aromatic nitrogens is 2. The third kappa shape index (κ3) is 2.53. The number of amides is 1. The van der Waals surface area contributed by atoms with E-state index in [1.54, 1.807) is 12.1 Å². The Labute approximate surface area is 125 Å². The molecule has 0 aromatic carbocycles. The molecule has 1 aliphatic rings. The Morgan fingerprint density at radius 1 is 1.40 bits per heavy atom. The first-order chi connectivity index (χ1) is 9.65. The Morgan fingerprint density at radius 2 is 2.15 bits per heavy atom. The van der Waals surface area contributed by atoms with Gasteiger partial charge < -0.3 is 10.6 Å². The molecule has 0 atom stereocenters. The van der Waals surface area contributed by atoms with Crippen molar-refractivity contribution in [3.8, 4) is 0 Å². The van der Waals surface area contributed by atoms with E-state index >= 15 is 0 Å². The fraction of sp³-hybridized carbons (Fsp3) is 0.385. The maximum atomic E-state index is 12.3. The van der Waals surface area contributed by atoms with Crippen molar-refractivity contribution >= 4 is 34.7 Å². The van der Waals surface area contributed by atoms with E-state index in [0.717, 1.165) is 25.9 Å². The van der Waals surface area contributed by atoms with E-state index in [-0.39, 0.29) is 5.91 Å². The summed E-state index contributed by atoms with van der Waals surface area (Å²) in [7, 11) is 0. The van der Waals surface area contributed by atoms with Crippen molar-refractivity contribution in [1.82, 2.24) is 14.7 Å². The molecule has 2 aromatic rings. The zero-order chi connectivity index (χ0) is 14.1. The van der Waals surface area contributed by atoms with Crippen molar-refractivity contribution in [3.63, 3.8) is 0 Å². The van der Waals surface area contributed by atoms with Crippen LogP contribution in [-0.2, 0) is 0 Å². The first-order valence-corrected chi connectivity index (χ1v) is 7.74. The summed E-state index contributed by atoms with van der Waals surface area (Å²) in [6.07, 6.45) is 3.67. The molecule has 5 nitrogen and oxygen atoms in total. The number of hydrogen-bond donors (Lipinski definition) is 1. The van der Waals surface area contributed by atoms with Crippen LogP contribution in [0.15, 0.2) is 23.7 Å². The molecule has 1 saturated heterocycles.